The number of hydrogen-bond acceptors (Lipinski definition) is 8. The fourth-order valence-electron chi connectivity index (χ4n) is 5.85. The number of carbonyl (C=O) groups excluding carboxylic acids is 2. The number of nitrogens with zero attached hydrogens (tertiary/aromatic N) is 2. The van der Waals surface area contributed by atoms with E-state index in [1.165, 1.54) is 0 Å². The Kier molecular flexibility index (Phi) is 10.3. The standard InChI is InChI=1S/C33H45N3O7/c1-22(2)35(32(37)23-10-13-27(40-4)30(16-23)41-15-7-14-39-3)19-24-17-34-18-25(24)20-36(26-11-12-26)33(38)31-21-42-28-8-5-6-9-29(28)43-31/h5-6,8-10,13,16,22,24-26,31,34H,7,11-12,14-15,17-21H2,1-4H3/t24-,25-,31+/m0/s1. The van der Waals surface area contributed by atoms with Crippen molar-refractivity contribution in [1.29, 1.82) is 0 Å². The molecule has 0 spiro atoms. The first-order chi connectivity index (χ1) is 20.9. The Labute approximate surface area is 254 Å². The van der Waals surface area contributed by atoms with E-state index >= 15 is 0 Å². The summed E-state index contributed by atoms with van der Waals surface area (Å²) in [5.74, 6) is 2.76. The van der Waals surface area contributed by atoms with Crippen molar-refractivity contribution in [3.8, 4) is 23.0 Å². The molecule has 2 heterocycles. The minimum absolute atomic E-state index is 0.00375. The van der Waals surface area contributed by atoms with Crippen LogP contribution in [0.15, 0.2) is 42.5 Å². The highest BCUT2D eigenvalue weighted by Crippen LogP contribution is 2.35. The van der Waals surface area contributed by atoms with Gasteiger partial charge >= 0.3 is 0 Å². The number of nitrogens with one attached hydrogen (secondary N) is 1. The minimum Gasteiger partial charge on any atom is -0.493 e. The number of rotatable bonds is 14. The second-order valence-corrected chi connectivity index (χ2v) is 11.9. The van der Waals surface area contributed by atoms with Crippen molar-refractivity contribution in [2.75, 3.05) is 60.2 Å². The molecule has 5 rings (SSSR count). The second kappa shape index (κ2) is 14.3. The van der Waals surface area contributed by atoms with Gasteiger partial charge in [0, 0.05) is 64.0 Å². The number of hydrogen-bond donors (Lipinski definition) is 1. The van der Waals surface area contributed by atoms with Gasteiger partial charge in [0.1, 0.15) is 6.61 Å². The van der Waals surface area contributed by atoms with Crippen molar-refractivity contribution in [2.45, 2.75) is 51.3 Å². The van der Waals surface area contributed by atoms with Crippen LogP contribution in [0.3, 0.4) is 0 Å². The van der Waals surface area contributed by atoms with Crippen LogP contribution in [0, 0.1) is 11.8 Å². The average Bonchev–Trinajstić information content (AvgIpc) is 3.78. The fraction of sp³-hybridized carbons (Fsp3) is 0.576. The van der Waals surface area contributed by atoms with Crippen LogP contribution in [0.1, 0.15) is 43.5 Å². The lowest BCUT2D eigenvalue weighted by atomic mass is 9.93. The highest BCUT2D eigenvalue weighted by Gasteiger charge is 2.42. The molecule has 0 radical (unpaired) electrons. The van der Waals surface area contributed by atoms with Gasteiger partial charge in [-0.3, -0.25) is 9.59 Å². The van der Waals surface area contributed by atoms with Gasteiger partial charge in [-0.15, -0.1) is 0 Å². The summed E-state index contributed by atoms with van der Waals surface area (Å²) in [6.07, 6.45) is 2.09. The molecule has 10 heteroatoms. The predicted octanol–water partition coefficient (Wildman–Crippen LogP) is 3.63. The molecule has 3 atom stereocenters. The van der Waals surface area contributed by atoms with E-state index in [1.807, 2.05) is 47.9 Å². The van der Waals surface area contributed by atoms with E-state index in [-0.39, 0.29) is 42.3 Å². The minimum atomic E-state index is -0.655. The molecule has 0 aromatic heterocycles. The number of amides is 2. The largest absolute Gasteiger partial charge is 0.493 e. The van der Waals surface area contributed by atoms with Gasteiger partial charge in [0.2, 0.25) is 6.10 Å². The number of methoxy groups -OCH3 is 2. The molecule has 1 aliphatic carbocycles. The van der Waals surface area contributed by atoms with Gasteiger partial charge in [-0.2, -0.15) is 0 Å². The Balaban J connectivity index is 1.25. The van der Waals surface area contributed by atoms with E-state index in [0.717, 1.165) is 32.4 Å². The van der Waals surface area contributed by atoms with Crippen LogP contribution in [-0.2, 0) is 9.53 Å². The summed E-state index contributed by atoms with van der Waals surface area (Å²) in [5.41, 5.74) is 0.559. The highest BCUT2D eigenvalue weighted by molar-refractivity contribution is 5.95. The van der Waals surface area contributed by atoms with Crippen molar-refractivity contribution in [2.24, 2.45) is 11.8 Å². The summed E-state index contributed by atoms with van der Waals surface area (Å²) in [7, 11) is 3.25. The number of ether oxygens (including phenoxy) is 5. The topological polar surface area (TPSA) is 98.8 Å². The van der Waals surface area contributed by atoms with Crippen LogP contribution in [0.2, 0.25) is 0 Å². The average molecular weight is 596 g/mol. The van der Waals surface area contributed by atoms with Crippen LogP contribution < -0.4 is 24.3 Å². The van der Waals surface area contributed by atoms with Crippen LogP contribution in [0.5, 0.6) is 23.0 Å². The second-order valence-electron chi connectivity index (χ2n) is 11.9. The molecule has 1 saturated carbocycles. The first-order valence-electron chi connectivity index (χ1n) is 15.4. The predicted molar refractivity (Wildman–Crippen MR) is 162 cm³/mol. The molecule has 1 saturated heterocycles. The summed E-state index contributed by atoms with van der Waals surface area (Å²) in [4.78, 5) is 31.5. The molecular formula is C33H45N3O7. The van der Waals surface area contributed by atoms with E-state index in [2.05, 4.69) is 5.32 Å². The molecule has 2 fully saturated rings. The van der Waals surface area contributed by atoms with E-state index in [4.69, 9.17) is 23.7 Å². The summed E-state index contributed by atoms with van der Waals surface area (Å²) >= 11 is 0. The zero-order valence-corrected chi connectivity index (χ0v) is 25.8. The lowest BCUT2D eigenvalue weighted by Gasteiger charge is -2.35. The molecule has 1 N–H and O–H groups in total. The molecule has 10 nitrogen and oxygen atoms in total. The van der Waals surface area contributed by atoms with Gasteiger partial charge in [-0.25, -0.2) is 0 Å². The summed E-state index contributed by atoms with van der Waals surface area (Å²) < 4.78 is 28.4. The molecule has 43 heavy (non-hydrogen) atoms. The van der Waals surface area contributed by atoms with Crippen molar-refractivity contribution < 1.29 is 33.3 Å². The quantitative estimate of drug-likeness (QED) is 0.331. The molecule has 2 aliphatic heterocycles. The lowest BCUT2D eigenvalue weighted by molar-refractivity contribution is -0.142. The Hall–Kier alpha value is -3.50. The Bertz CT molecular complexity index is 1250. The maximum absolute atomic E-state index is 13.9. The number of benzene rings is 2. The van der Waals surface area contributed by atoms with Crippen LogP contribution in [-0.4, -0.2) is 100 Å². The molecule has 2 amide bonds. The van der Waals surface area contributed by atoms with Gasteiger partial charge in [-0.1, -0.05) is 12.1 Å². The smallest absolute Gasteiger partial charge is 0.267 e. The first-order valence-corrected chi connectivity index (χ1v) is 15.4. The Morgan fingerprint density at radius 3 is 2.42 bits per heavy atom. The fourth-order valence-corrected chi connectivity index (χ4v) is 5.85. The van der Waals surface area contributed by atoms with E-state index in [1.54, 1.807) is 32.4 Å². The Morgan fingerprint density at radius 1 is 0.977 bits per heavy atom. The number of fused-ring (bicyclic) bond motifs is 1. The molecule has 234 valence electrons. The summed E-state index contributed by atoms with van der Waals surface area (Å²) in [6, 6.07) is 13.0. The van der Waals surface area contributed by atoms with Gasteiger partial charge in [0.05, 0.1) is 13.7 Å². The molecule has 2 aromatic carbocycles. The molecule has 3 aliphatic rings. The number of para-hydroxylation sites is 2. The third kappa shape index (κ3) is 7.54. The summed E-state index contributed by atoms with van der Waals surface area (Å²) in [5, 5.41) is 3.52. The lowest BCUT2D eigenvalue weighted by Crippen LogP contribution is -2.50. The van der Waals surface area contributed by atoms with Crippen molar-refractivity contribution >= 4 is 11.8 Å². The van der Waals surface area contributed by atoms with Crippen molar-refractivity contribution in [3.63, 3.8) is 0 Å². The highest BCUT2D eigenvalue weighted by atomic mass is 16.6. The maximum atomic E-state index is 13.9. The van der Waals surface area contributed by atoms with Crippen LogP contribution >= 0.6 is 0 Å². The third-order valence-corrected chi connectivity index (χ3v) is 8.44. The van der Waals surface area contributed by atoms with Gasteiger partial charge in [0.25, 0.3) is 11.8 Å². The van der Waals surface area contributed by atoms with E-state index in [0.29, 0.717) is 54.9 Å². The Morgan fingerprint density at radius 2 is 1.72 bits per heavy atom. The monoisotopic (exact) mass is 595 g/mol. The van der Waals surface area contributed by atoms with E-state index < -0.39 is 6.10 Å². The van der Waals surface area contributed by atoms with Gasteiger partial charge < -0.3 is 38.8 Å². The molecular weight excluding hydrogens is 550 g/mol. The van der Waals surface area contributed by atoms with Crippen LogP contribution in [0.25, 0.3) is 0 Å². The zero-order valence-electron chi connectivity index (χ0n) is 25.8. The number of carbonyl (C=O) groups is 2. The SMILES string of the molecule is COCCCOc1cc(C(=O)N(C[C@@H]2CNC[C@H]2CN(C(=O)[C@H]2COc3ccccc3O2)C2CC2)C(C)C)ccc1OC. The van der Waals surface area contributed by atoms with E-state index in [9.17, 15) is 9.59 Å². The zero-order chi connectivity index (χ0) is 30.3. The maximum Gasteiger partial charge on any atom is 0.267 e. The van der Waals surface area contributed by atoms with Crippen LogP contribution in [0.4, 0.5) is 0 Å². The molecule has 2 aromatic rings. The third-order valence-electron chi connectivity index (χ3n) is 8.44. The normalized spacial score (nSPS) is 21.0. The summed E-state index contributed by atoms with van der Waals surface area (Å²) in [6.45, 7) is 8.16. The first kappa shape index (κ1) is 30.9. The van der Waals surface area contributed by atoms with Crippen molar-refractivity contribution in [1.82, 2.24) is 15.1 Å². The van der Waals surface area contributed by atoms with Crippen molar-refractivity contribution in [3.05, 3.63) is 48.0 Å². The molecule has 0 unspecified atom stereocenters. The van der Waals surface area contributed by atoms with Gasteiger partial charge in [-0.05, 0) is 68.9 Å². The molecule has 0 bridgehead atoms. The van der Waals surface area contributed by atoms with Gasteiger partial charge in [0.15, 0.2) is 23.0 Å².